The van der Waals surface area contributed by atoms with Crippen molar-refractivity contribution in [3.8, 4) is 17.8 Å². The Labute approximate surface area is 463 Å². The number of carbonyl (C=O) groups excluding carboxylic acids is 8. The third-order valence-corrected chi connectivity index (χ3v) is 13.9. The van der Waals surface area contributed by atoms with Crippen molar-refractivity contribution in [1.29, 1.82) is 5.26 Å². The molecule has 8 amide bonds. The van der Waals surface area contributed by atoms with Gasteiger partial charge in [-0.2, -0.15) is 15.2 Å². The Kier molecular flexibility index (Phi) is 21.9. The van der Waals surface area contributed by atoms with E-state index < -0.39 is 48.9 Å². The fraction of sp³-hybridized carbons (Fsp3) is 0.482. The second kappa shape index (κ2) is 29.5. The lowest BCUT2D eigenvalue weighted by molar-refractivity contribution is -0.138. The number of unbranched alkanes of at least 4 members (excludes halogenated alkanes) is 3. The van der Waals surface area contributed by atoms with Crippen LogP contribution in [0.25, 0.3) is 11.0 Å². The largest absolute Gasteiger partial charge is 0.496 e. The summed E-state index contributed by atoms with van der Waals surface area (Å²) >= 11 is 0. The van der Waals surface area contributed by atoms with Crippen molar-refractivity contribution in [2.45, 2.75) is 109 Å². The first-order chi connectivity index (χ1) is 38.7. The number of fused-ring (bicyclic) bond motifs is 1. The highest BCUT2D eigenvalue weighted by Crippen LogP contribution is 2.35. The standard InChI is InChI=1S/C56H71N13O11/c1-3-4-25-79-56-65-52(58)42-28-41(29-57)69(53(42)66-56)34-39-15-14-37(27-44(39)78-2)33-67-23-20-40(21-24-67)63-55(77)51(38-16-17-38)80-35-62-47(72)31-61-54(76)43(26-36-11-7-5-8-12-36)64-48(73)32-60-46(71)30-59-45(70)13-9-6-10-22-68-49(74)18-19-50(68)75/h5,7-8,11-12,14-15,18-19,27-28,38,40,43,51H,3-4,6,9-10,13,16-17,20-26,30-35H2,1-2H3,(H,59,70)(H,60,71)(H,61,76)(H,62,72)(H,63,77)(H,64,73)(H2,58,65,66)/t43-,51-/m0/s1. The van der Waals surface area contributed by atoms with Crippen molar-refractivity contribution in [3.63, 3.8) is 0 Å². The highest BCUT2D eigenvalue weighted by atomic mass is 16.5. The molecule has 24 nitrogen and oxygen atoms in total. The number of hydrogen-bond acceptors (Lipinski definition) is 16. The lowest BCUT2D eigenvalue weighted by Crippen LogP contribution is -2.52. The number of piperidine rings is 1. The van der Waals surface area contributed by atoms with E-state index in [-0.39, 0.29) is 80.1 Å². The predicted molar refractivity (Wildman–Crippen MR) is 292 cm³/mol. The molecular weight excluding hydrogens is 1030 g/mol. The Bertz CT molecular complexity index is 2910. The number of methoxy groups -OCH3 is 1. The van der Waals surface area contributed by atoms with E-state index in [0.717, 1.165) is 73.2 Å². The van der Waals surface area contributed by atoms with Gasteiger partial charge in [0, 0.05) is 62.8 Å². The smallest absolute Gasteiger partial charge is 0.320 e. The Morgan fingerprint density at radius 2 is 1.50 bits per heavy atom. The van der Waals surface area contributed by atoms with Gasteiger partial charge in [-0.05, 0) is 74.1 Å². The number of nitriles is 1. The van der Waals surface area contributed by atoms with Gasteiger partial charge in [0.1, 0.15) is 42.2 Å². The number of ether oxygens (including phenoxy) is 3. The van der Waals surface area contributed by atoms with Gasteiger partial charge in [-0.25, -0.2) is 0 Å². The fourth-order valence-corrected chi connectivity index (χ4v) is 9.30. The summed E-state index contributed by atoms with van der Waals surface area (Å²) in [5, 5.41) is 26.4. The van der Waals surface area contributed by atoms with Crippen LogP contribution in [0.15, 0.2) is 66.7 Å². The number of aromatic nitrogens is 3. The van der Waals surface area contributed by atoms with Gasteiger partial charge in [-0.15, -0.1) is 0 Å². The van der Waals surface area contributed by atoms with Crippen molar-refractivity contribution < 1.29 is 52.6 Å². The average Bonchev–Trinajstić information content (AvgIpc) is 4.19. The van der Waals surface area contributed by atoms with Gasteiger partial charge in [-0.3, -0.25) is 48.2 Å². The number of nitrogens with zero attached hydrogens (tertiary/aromatic N) is 6. The Balaban J connectivity index is 0.801. The maximum absolute atomic E-state index is 13.6. The summed E-state index contributed by atoms with van der Waals surface area (Å²) in [4.78, 5) is 113. The Hall–Kier alpha value is -8.43. The van der Waals surface area contributed by atoms with Crippen LogP contribution in [-0.2, 0) is 62.6 Å². The van der Waals surface area contributed by atoms with Crippen LogP contribution in [-0.4, -0.2) is 149 Å². The molecule has 0 unspecified atom stereocenters. The van der Waals surface area contributed by atoms with Crippen molar-refractivity contribution in [1.82, 2.24) is 56.2 Å². The molecular formula is C56H71N13O11. The molecule has 426 valence electrons. The van der Waals surface area contributed by atoms with E-state index in [1.54, 1.807) is 48.1 Å². The number of anilines is 1. The molecule has 80 heavy (non-hydrogen) atoms. The van der Waals surface area contributed by atoms with E-state index in [4.69, 9.17) is 19.9 Å². The van der Waals surface area contributed by atoms with Crippen LogP contribution >= 0.6 is 0 Å². The molecule has 4 heterocycles. The van der Waals surface area contributed by atoms with E-state index >= 15 is 0 Å². The van der Waals surface area contributed by atoms with Gasteiger partial charge in [-0.1, -0.05) is 62.2 Å². The van der Waals surface area contributed by atoms with Gasteiger partial charge < -0.3 is 56.4 Å². The van der Waals surface area contributed by atoms with Crippen molar-refractivity contribution >= 4 is 64.1 Å². The van der Waals surface area contributed by atoms with Crippen molar-refractivity contribution in [2.75, 3.05) is 65.4 Å². The lowest BCUT2D eigenvalue weighted by atomic mass is 10.0. The first kappa shape index (κ1) is 59.2. The summed E-state index contributed by atoms with van der Waals surface area (Å²) in [5.74, 6) is -2.95. The van der Waals surface area contributed by atoms with Crippen LogP contribution in [0.4, 0.5) is 5.82 Å². The molecule has 24 heteroatoms. The number of nitrogens with two attached hydrogens (primary N) is 1. The molecule has 2 aliphatic heterocycles. The van der Waals surface area contributed by atoms with E-state index in [0.29, 0.717) is 61.4 Å². The minimum atomic E-state index is -1.11. The summed E-state index contributed by atoms with van der Waals surface area (Å²) in [6, 6.07) is 17.9. The monoisotopic (exact) mass is 1100 g/mol. The van der Waals surface area contributed by atoms with Crippen LogP contribution in [0.2, 0.25) is 0 Å². The van der Waals surface area contributed by atoms with Gasteiger partial charge in [0.25, 0.3) is 11.8 Å². The predicted octanol–water partition coefficient (Wildman–Crippen LogP) is 1.63. The van der Waals surface area contributed by atoms with E-state index in [1.165, 1.54) is 12.2 Å². The number of amides is 8. The summed E-state index contributed by atoms with van der Waals surface area (Å²) < 4.78 is 19.3. The zero-order valence-electron chi connectivity index (χ0n) is 45.3. The second-order valence-electron chi connectivity index (χ2n) is 20.0. The third kappa shape index (κ3) is 17.5. The minimum Gasteiger partial charge on any atom is -0.496 e. The maximum atomic E-state index is 13.6. The van der Waals surface area contributed by atoms with E-state index in [9.17, 15) is 43.6 Å². The van der Waals surface area contributed by atoms with Gasteiger partial charge >= 0.3 is 6.01 Å². The molecule has 4 aromatic rings. The lowest BCUT2D eigenvalue weighted by Gasteiger charge is -2.33. The molecule has 7 rings (SSSR count). The number of nitrogens with one attached hydrogen (secondary N) is 6. The molecule has 2 atom stereocenters. The van der Waals surface area contributed by atoms with Crippen molar-refractivity contribution in [2.24, 2.45) is 5.92 Å². The third-order valence-electron chi connectivity index (χ3n) is 13.9. The summed E-state index contributed by atoms with van der Waals surface area (Å²) in [5.41, 5.74) is 9.77. The number of benzene rings is 2. The molecule has 1 saturated carbocycles. The number of nitrogen functional groups attached to an aromatic ring is 1. The number of likely N-dealkylation sites (tertiary alicyclic amines) is 1. The first-order valence-corrected chi connectivity index (χ1v) is 27.2. The summed E-state index contributed by atoms with van der Waals surface area (Å²) in [6.45, 7) is 3.65. The second-order valence-corrected chi connectivity index (χ2v) is 20.0. The Morgan fingerprint density at radius 1 is 0.787 bits per heavy atom. The number of carbonyl (C=O) groups is 8. The maximum Gasteiger partial charge on any atom is 0.320 e. The molecule has 1 saturated heterocycles. The topological polar surface area (TPSA) is 323 Å². The van der Waals surface area contributed by atoms with E-state index in [1.807, 2.05) is 18.2 Å². The molecule has 2 fully saturated rings. The molecule has 0 radical (unpaired) electrons. The highest BCUT2D eigenvalue weighted by Gasteiger charge is 2.38. The SMILES string of the molecule is CCCCOc1nc(N)c2cc(C#N)n(Cc3ccc(CN4CCC(NC(=O)[C@@H](OCNC(=O)CNC(=O)[C@H](Cc5ccccc5)NC(=O)CNC(=O)CNC(=O)CCCCCN5C(=O)C=CC5=O)C5CC5)CC4)cc3OC)c2n1. The highest BCUT2D eigenvalue weighted by molar-refractivity contribution is 6.12. The Morgan fingerprint density at radius 3 is 2.21 bits per heavy atom. The molecule has 0 bridgehead atoms. The van der Waals surface area contributed by atoms with E-state index in [2.05, 4.69) is 59.8 Å². The van der Waals surface area contributed by atoms with Crippen LogP contribution < -0.4 is 47.1 Å². The van der Waals surface area contributed by atoms with Crippen LogP contribution in [0.3, 0.4) is 0 Å². The average molecular weight is 1100 g/mol. The minimum absolute atomic E-state index is 0.0145. The van der Waals surface area contributed by atoms with Gasteiger partial charge in [0.05, 0.1) is 45.3 Å². The zero-order valence-corrected chi connectivity index (χ0v) is 45.3. The quantitative estimate of drug-likeness (QED) is 0.0214. The van der Waals surface area contributed by atoms with Crippen molar-refractivity contribution in [3.05, 3.63) is 89.1 Å². The molecule has 2 aromatic carbocycles. The number of hydrogen-bond donors (Lipinski definition) is 7. The molecule has 1 aliphatic carbocycles. The molecule has 8 N–H and O–H groups in total. The molecule has 0 spiro atoms. The number of rotatable bonds is 31. The van der Waals surface area contributed by atoms with Gasteiger partial charge in [0.2, 0.25) is 35.4 Å². The molecule has 3 aliphatic rings. The van der Waals surface area contributed by atoms with Crippen LogP contribution in [0.1, 0.15) is 93.5 Å². The van der Waals surface area contributed by atoms with Crippen LogP contribution in [0.5, 0.6) is 11.8 Å². The van der Waals surface area contributed by atoms with Crippen LogP contribution in [0, 0.1) is 17.2 Å². The number of imide groups is 1. The zero-order chi connectivity index (χ0) is 57.0. The fourth-order valence-electron chi connectivity index (χ4n) is 9.30. The summed E-state index contributed by atoms with van der Waals surface area (Å²) in [6.07, 6.45) is 8.35. The van der Waals surface area contributed by atoms with Gasteiger partial charge in [0.15, 0.2) is 5.65 Å². The molecule has 2 aromatic heterocycles. The normalized spacial score (nSPS) is 15.2. The first-order valence-electron chi connectivity index (χ1n) is 27.2. The summed E-state index contributed by atoms with van der Waals surface area (Å²) in [7, 11) is 1.61.